The average molecular weight is 244 g/mol. The van der Waals surface area contributed by atoms with E-state index in [1.165, 1.54) is 5.56 Å². The van der Waals surface area contributed by atoms with Crippen LogP contribution in [0.25, 0.3) is 0 Å². The minimum absolute atomic E-state index is 0.0632. The highest BCUT2D eigenvalue weighted by Crippen LogP contribution is 2.25. The Morgan fingerprint density at radius 2 is 2.23 bits per heavy atom. The molecule has 1 aromatic rings. The molecule has 0 radical (unpaired) electrons. The Hall–Kier alpha value is -0.540. The maximum atomic E-state index is 5.58. The van der Waals surface area contributed by atoms with E-state index in [0.717, 1.165) is 10.2 Å². The lowest BCUT2D eigenvalue weighted by atomic mass is 10.2. The van der Waals surface area contributed by atoms with E-state index >= 15 is 0 Å². The fraction of sp³-hybridized carbons (Fsp3) is 0.400. The molecule has 0 bridgehead atoms. The van der Waals surface area contributed by atoms with Gasteiger partial charge in [-0.15, -0.1) is 0 Å². The Morgan fingerprint density at radius 3 is 2.77 bits per heavy atom. The van der Waals surface area contributed by atoms with E-state index in [0.29, 0.717) is 6.61 Å². The third-order valence-corrected chi connectivity index (χ3v) is 2.21. The van der Waals surface area contributed by atoms with E-state index in [1.807, 2.05) is 32.0 Å². The molecule has 0 fully saturated rings. The third kappa shape index (κ3) is 3.36. The Labute approximate surface area is 87.2 Å². The van der Waals surface area contributed by atoms with E-state index < -0.39 is 0 Å². The highest BCUT2D eigenvalue weighted by atomic mass is 79.9. The van der Waals surface area contributed by atoms with Gasteiger partial charge in [0, 0.05) is 6.04 Å². The first-order valence-corrected chi connectivity index (χ1v) is 5.03. The first kappa shape index (κ1) is 10.5. The van der Waals surface area contributed by atoms with Crippen LogP contribution in [-0.2, 0) is 0 Å². The summed E-state index contributed by atoms with van der Waals surface area (Å²) in [6, 6.07) is 6.05. The summed E-state index contributed by atoms with van der Waals surface area (Å²) in [4.78, 5) is 0. The lowest BCUT2D eigenvalue weighted by Gasteiger charge is -2.10. The van der Waals surface area contributed by atoms with E-state index in [9.17, 15) is 0 Å². The molecule has 1 atom stereocenters. The normalized spacial score (nSPS) is 12.6. The van der Waals surface area contributed by atoms with Gasteiger partial charge in [-0.05, 0) is 47.5 Å². The van der Waals surface area contributed by atoms with Crippen LogP contribution in [0.1, 0.15) is 12.5 Å². The maximum absolute atomic E-state index is 5.58. The van der Waals surface area contributed by atoms with Gasteiger partial charge in [0.2, 0.25) is 0 Å². The number of benzene rings is 1. The van der Waals surface area contributed by atoms with Crippen LogP contribution in [0.5, 0.6) is 5.75 Å². The van der Waals surface area contributed by atoms with E-state index in [2.05, 4.69) is 15.9 Å². The van der Waals surface area contributed by atoms with E-state index in [4.69, 9.17) is 10.5 Å². The third-order valence-electron chi connectivity index (χ3n) is 1.59. The van der Waals surface area contributed by atoms with Gasteiger partial charge < -0.3 is 10.5 Å². The lowest BCUT2D eigenvalue weighted by molar-refractivity contribution is 0.294. The van der Waals surface area contributed by atoms with Gasteiger partial charge in [0.15, 0.2) is 0 Å². The van der Waals surface area contributed by atoms with Crippen LogP contribution in [0.15, 0.2) is 22.7 Å². The van der Waals surface area contributed by atoms with Crippen molar-refractivity contribution in [2.75, 3.05) is 6.61 Å². The molecule has 3 heteroatoms. The molecule has 2 nitrogen and oxygen atoms in total. The summed E-state index contributed by atoms with van der Waals surface area (Å²) in [5, 5.41) is 0. The van der Waals surface area contributed by atoms with E-state index in [1.54, 1.807) is 0 Å². The van der Waals surface area contributed by atoms with Crippen molar-refractivity contribution >= 4 is 15.9 Å². The number of ether oxygens (including phenoxy) is 1. The Morgan fingerprint density at radius 1 is 1.54 bits per heavy atom. The predicted molar refractivity (Wildman–Crippen MR) is 58.0 cm³/mol. The molecule has 0 aliphatic rings. The number of rotatable bonds is 3. The zero-order valence-electron chi connectivity index (χ0n) is 7.88. The number of hydrogen-bond acceptors (Lipinski definition) is 2. The number of halogens is 1. The summed E-state index contributed by atoms with van der Waals surface area (Å²) in [5.41, 5.74) is 6.79. The quantitative estimate of drug-likeness (QED) is 0.886. The molecule has 2 N–H and O–H groups in total. The predicted octanol–water partition coefficient (Wildman–Crippen LogP) is 2.48. The molecule has 0 spiro atoms. The Bertz CT molecular complexity index is 286. The molecule has 1 unspecified atom stereocenters. The van der Waals surface area contributed by atoms with Gasteiger partial charge in [0.1, 0.15) is 12.4 Å². The van der Waals surface area contributed by atoms with Crippen LogP contribution >= 0.6 is 15.9 Å². The number of hydrogen-bond donors (Lipinski definition) is 1. The van der Waals surface area contributed by atoms with Crippen LogP contribution in [0.3, 0.4) is 0 Å². The van der Waals surface area contributed by atoms with Crippen molar-refractivity contribution in [3.8, 4) is 5.75 Å². The van der Waals surface area contributed by atoms with Crippen molar-refractivity contribution in [3.63, 3.8) is 0 Å². The van der Waals surface area contributed by atoms with Crippen molar-refractivity contribution in [2.24, 2.45) is 5.73 Å². The SMILES string of the molecule is Cc1ccc(OCC(C)N)c(Br)c1. The first-order valence-electron chi connectivity index (χ1n) is 4.24. The van der Waals surface area contributed by atoms with E-state index in [-0.39, 0.29) is 6.04 Å². The largest absolute Gasteiger partial charge is 0.491 e. The second-order valence-corrected chi connectivity index (χ2v) is 4.08. The van der Waals surface area contributed by atoms with Crippen molar-refractivity contribution in [2.45, 2.75) is 19.9 Å². The molecular weight excluding hydrogens is 230 g/mol. The van der Waals surface area contributed by atoms with Crippen LogP contribution in [0.2, 0.25) is 0 Å². The van der Waals surface area contributed by atoms with Gasteiger partial charge in [-0.2, -0.15) is 0 Å². The van der Waals surface area contributed by atoms with Crippen LogP contribution in [0, 0.1) is 6.92 Å². The van der Waals surface area contributed by atoms with Gasteiger partial charge >= 0.3 is 0 Å². The van der Waals surface area contributed by atoms with Gasteiger partial charge in [0.05, 0.1) is 4.47 Å². The minimum Gasteiger partial charge on any atom is -0.491 e. The monoisotopic (exact) mass is 243 g/mol. The summed E-state index contributed by atoms with van der Waals surface area (Å²) < 4.78 is 6.46. The molecule has 0 aromatic heterocycles. The zero-order chi connectivity index (χ0) is 9.84. The molecule has 0 heterocycles. The van der Waals surface area contributed by atoms with Gasteiger partial charge in [-0.3, -0.25) is 0 Å². The average Bonchev–Trinajstić information content (AvgIpc) is 2.02. The Balaban J connectivity index is 2.67. The van der Waals surface area contributed by atoms with Gasteiger partial charge in [-0.25, -0.2) is 0 Å². The first-order chi connectivity index (χ1) is 6.09. The minimum atomic E-state index is 0.0632. The maximum Gasteiger partial charge on any atom is 0.133 e. The molecule has 1 aromatic carbocycles. The molecule has 72 valence electrons. The van der Waals surface area contributed by atoms with Crippen molar-refractivity contribution in [3.05, 3.63) is 28.2 Å². The standard InChI is InChI=1S/C10H14BrNO/c1-7-3-4-10(9(11)5-7)13-6-8(2)12/h3-5,8H,6,12H2,1-2H3. The van der Waals surface area contributed by atoms with Crippen LogP contribution in [-0.4, -0.2) is 12.6 Å². The summed E-state index contributed by atoms with van der Waals surface area (Å²) in [5.74, 6) is 0.850. The molecule has 0 saturated heterocycles. The molecular formula is C10H14BrNO. The highest BCUT2D eigenvalue weighted by Gasteiger charge is 2.01. The molecule has 13 heavy (non-hydrogen) atoms. The molecule has 0 saturated carbocycles. The van der Waals surface area contributed by atoms with Gasteiger partial charge in [0.25, 0.3) is 0 Å². The van der Waals surface area contributed by atoms with Crippen molar-refractivity contribution in [1.82, 2.24) is 0 Å². The van der Waals surface area contributed by atoms with Crippen molar-refractivity contribution in [1.29, 1.82) is 0 Å². The molecule has 0 aliphatic heterocycles. The molecule has 1 rings (SSSR count). The smallest absolute Gasteiger partial charge is 0.133 e. The molecule has 0 amide bonds. The summed E-state index contributed by atoms with van der Waals surface area (Å²) in [6.07, 6.45) is 0. The summed E-state index contributed by atoms with van der Waals surface area (Å²) in [6.45, 7) is 4.50. The second-order valence-electron chi connectivity index (χ2n) is 3.22. The summed E-state index contributed by atoms with van der Waals surface area (Å²) >= 11 is 3.43. The zero-order valence-corrected chi connectivity index (χ0v) is 9.47. The van der Waals surface area contributed by atoms with Gasteiger partial charge in [-0.1, -0.05) is 6.07 Å². The fourth-order valence-electron chi connectivity index (χ4n) is 0.944. The highest BCUT2D eigenvalue weighted by molar-refractivity contribution is 9.10. The Kier molecular flexibility index (Phi) is 3.75. The number of nitrogens with two attached hydrogens (primary N) is 1. The summed E-state index contributed by atoms with van der Waals surface area (Å²) in [7, 11) is 0. The molecule has 0 aliphatic carbocycles. The van der Waals surface area contributed by atoms with Crippen LogP contribution in [0.4, 0.5) is 0 Å². The number of aryl methyl sites for hydroxylation is 1. The van der Waals surface area contributed by atoms with Crippen molar-refractivity contribution < 1.29 is 4.74 Å². The van der Waals surface area contributed by atoms with Crippen LogP contribution < -0.4 is 10.5 Å². The topological polar surface area (TPSA) is 35.2 Å². The lowest BCUT2D eigenvalue weighted by Crippen LogP contribution is -2.23. The second kappa shape index (κ2) is 4.63. The fourth-order valence-corrected chi connectivity index (χ4v) is 1.55.